The lowest BCUT2D eigenvalue weighted by atomic mass is 10.2. The van der Waals surface area contributed by atoms with Crippen molar-refractivity contribution in [2.24, 2.45) is 0 Å². The van der Waals surface area contributed by atoms with Gasteiger partial charge in [-0.3, -0.25) is 4.79 Å². The number of rotatable bonds is 6. The molecule has 4 nitrogen and oxygen atoms in total. The first-order valence-corrected chi connectivity index (χ1v) is 5.84. The highest BCUT2D eigenvalue weighted by molar-refractivity contribution is 5.82. The van der Waals surface area contributed by atoms with Crippen molar-refractivity contribution in [3.05, 3.63) is 12.2 Å². The van der Waals surface area contributed by atoms with Crippen molar-refractivity contribution in [1.82, 2.24) is 0 Å². The first-order chi connectivity index (χ1) is 7.81. The lowest BCUT2D eigenvalue weighted by Gasteiger charge is -2.17. The summed E-state index contributed by atoms with van der Waals surface area (Å²) in [6.07, 6.45) is 5.68. The maximum absolute atomic E-state index is 11.3. The Kier molecular flexibility index (Phi) is 7.26. The van der Waals surface area contributed by atoms with Gasteiger partial charge < -0.3 is 9.47 Å². The SMILES string of the molecule is CC(=O)OCCCC/C=C/C(=O)OC(C)(C)C. The molecule has 0 bridgehead atoms. The van der Waals surface area contributed by atoms with Gasteiger partial charge in [-0.05, 0) is 40.0 Å². The van der Waals surface area contributed by atoms with Gasteiger partial charge in [0.15, 0.2) is 0 Å². The van der Waals surface area contributed by atoms with Crippen LogP contribution in [0.4, 0.5) is 0 Å². The van der Waals surface area contributed by atoms with Crippen LogP contribution < -0.4 is 0 Å². The molecule has 98 valence electrons. The van der Waals surface area contributed by atoms with Crippen molar-refractivity contribution >= 4 is 11.9 Å². The number of hydrogen-bond donors (Lipinski definition) is 0. The molecule has 0 fully saturated rings. The molecule has 0 radical (unpaired) electrons. The van der Waals surface area contributed by atoms with Crippen LogP contribution in [0.5, 0.6) is 0 Å². The highest BCUT2D eigenvalue weighted by Crippen LogP contribution is 2.07. The van der Waals surface area contributed by atoms with Gasteiger partial charge in [0, 0.05) is 13.0 Å². The molecule has 0 saturated carbocycles. The second-order valence-corrected chi connectivity index (χ2v) is 4.77. The van der Waals surface area contributed by atoms with E-state index in [2.05, 4.69) is 0 Å². The van der Waals surface area contributed by atoms with Crippen LogP contribution in [-0.2, 0) is 19.1 Å². The highest BCUT2D eigenvalue weighted by atomic mass is 16.6. The van der Waals surface area contributed by atoms with Crippen LogP contribution in [0.25, 0.3) is 0 Å². The van der Waals surface area contributed by atoms with Gasteiger partial charge in [0.25, 0.3) is 0 Å². The molecule has 0 saturated heterocycles. The summed E-state index contributed by atoms with van der Waals surface area (Å²) in [6, 6.07) is 0. The molecule has 0 aliphatic rings. The van der Waals surface area contributed by atoms with Gasteiger partial charge in [-0.25, -0.2) is 4.79 Å². The lowest BCUT2D eigenvalue weighted by Crippen LogP contribution is -2.22. The largest absolute Gasteiger partial charge is 0.466 e. The molecule has 0 aromatic rings. The Morgan fingerprint density at radius 3 is 2.35 bits per heavy atom. The number of esters is 2. The summed E-state index contributed by atoms with van der Waals surface area (Å²) in [5.41, 5.74) is -0.448. The van der Waals surface area contributed by atoms with Crippen molar-refractivity contribution in [2.75, 3.05) is 6.61 Å². The van der Waals surface area contributed by atoms with Crippen LogP contribution in [0.3, 0.4) is 0 Å². The van der Waals surface area contributed by atoms with E-state index in [1.54, 1.807) is 6.08 Å². The fourth-order valence-corrected chi connectivity index (χ4v) is 1.10. The summed E-state index contributed by atoms with van der Waals surface area (Å²) in [6.45, 7) is 7.32. The van der Waals surface area contributed by atoms with Crippen LogP contribution in [0, 0.1) is 0 Å². The topological polar surface area (TPSA) is 52.6 Å². The minimum atomic E-state index is -0.448. The number of carbonyl (C=O) groups is 2. The Morgan fingerprint density at radius 1 is 1.18 bits per heavy atom. The summed E-state index contributed by atoms with van der Waals surface area (Å²) in [5, 5.41) is 0. The van der Waals surface area contributed by atoms with E-state index in [0.717, 1.165) is 19.3 Å². The molecular formula is C13H22O4. The second-order valence-electron chi connectivity index (χ2n) is 4.77. The van der Waals surface area contributed by atoms with E-state index >= 15 is 0 Å². The molecule has 0 amide bonds. The first kappa shape index (κ1) is 15.7. The normalized spacial score (nSPS) is 11.5. The summed E-state index contributed by atoms with van der Waals surface area (Å²) in [4.78, 5) is 21.7. The monoisotopic (exact) mass is 242 g/mol. The molecule has 0 heterocycles. The predicted octanol–water partition coefficient (Wildman–Crippen LogP) is 2.62. The fourth-order valence-electron chi connectivity index (χ4n) is 1.10. The third kappa shape index (κ3) is 12.6. The molecule has 0 N–H and O–H groups in total. The summed E-state index contributed by atoms with van der Waals surface area (Å²) in [7, 11) is 0. The molecule has 0 aromatic heterocycles. The van der Waals surface area contributed by atoms with Crippen LogP contribution >= 0.6 is 0 Å². The average molecular weight is 242 g/mol. The predicted molar refractivity (Wildman–Crippen MR) is 65.5 cm³/mol. The van der Waals surface area contributed by atoms with Gasteiger partial charge in [-0.1, -0.05) is 6.08 Å². The van der Waals surface area contributed by atoms with Crippen molar-refractivity contribution < 1.29 is 19.1 Å². The Bertz CT molecular complexity index is 274. The van der Waals surface area contributed by atoms with E-state index in [-0.39, 0.29) is 11.9 Å². The van der Waals surface area contributed by atoms with E-state index in [9.17, 15) is 9.59 Å². The number of unbranched alkanes of at least 4 members (excludes halogenated alkanes) is 2. The Morgan fingerprint density at radius 2 is 1.82 bits per heavy atom. The zero-order valence-corrected chi connectivity index (χ0v) is 11.1. The van der Waals surface area contributed by atoms with Crippen LogP contribution in [0.1, 0.15) is 47.0 Å². The molecule has 0 aromatic carbocycles. The van der Waals surface area contributed by atoms with E-state index < -0.39 is 5.60 Å². The number of hydrogen-bond acceptors (Lipinski definition) is 4. The van der Waals surface area contributed by atoms with E-state index in [1.165, 1.54) is 13.0 Å². The van der Waals surface area contributed by atoms with Gasteiger partial charge in [0.05, 0.1) is 6.61 Å². The van der Waals surface area contributed by atoms with Crippen LogP contribution in [0.15, 0.2) is 12.2 Å². The van der Waals surface area contributed by atoms with E-state index in [1.807, 2.05) is 20.8 Å². The summed E-state index contributed by atoms with van der Waals surface area (Å²) >= 11 is 0. The van der Waals surface area contributed by atoms with E-state index in [4.69, 9.17) is 9.47 Å². The molecule has 0 aliphatic heterocycles. The molecule has 0 spiro atoms. The number of allylic oxidation sites excluding steroid dienone is 1. The Labute approximate surface area is 103 Å². The molecule has 0 unspecified atom stereocenters. The zero-order valence-electron chi connectivity index (χ0n) is 11.1. The molecule has 17 heavy (non-hydrogen) atoms. The smallest absolute Gasteiger partial charge is 0.330 e. The Balaban J connectivity index is 3.54. The van der Waals surface area contributed by atoms with Gasteiger partial charge >= 0.3 is 11.9 Å². The summed E-state index contributed by atoms with van der Waals surface area (Å²) in [5.74, 6) is -0.577. The second kappa shape index (κ2) is 7.87. The standard InChI is InChI=1S/C13H22O4/c1-11(14)16-10-8-6-5-7-9-12(15)17-13(2,3)4/h7,9H,5-6,8,10H2,1-4H3/b9-7+. The lowest BCUT2D eigenvalue weighted by molar-refractivity contribution is -0.148. The fraction of sp³-hybridized carbons (Fsp3) is 0.692. The first-order valence-electron chi connectivity index (χ1n) is 5.84. The quantitative estimate of drug-likeness (QED) is 0.408. The minimum absolute atomic E-state index is 0.255. The Hall–Kier alpha value is -1.32. The highest BCUT2D eigenvalue weighted by Gasteiger charge is 2.13. The average Bonchev–Trinajstić information content (AvgIpc) is 2.12. The van der Waals surface area contributed by atoms with Crippen LogP contribution in [-0.4, -0.2) is 24.1 Å². The molecule has 0 rings (SSSR count). The van der Waals surface area contributed by atoms with Gasteiger partial charge in [0.1, 0.15) is 5.60 Å². The summed E-state index contributed by atoms with van der Waals surface area (Å²) < 4.78 is 9.88. The molecular weight excluding hydrogens is 220 g/mol. The molecule has 0 atom stereocenters. The maximum atomic E-state index is 11.3. The zero-order chi connectivity index (χ0) is 13.3. The van der Waals surface area contributed by atoms with E-state index in [0.29, 0.717) is 6.61 Å². The van der Waals surface area contributed by atoms with Gasteiger partial charge in [-0.15, -0.1) is 0 Å². The van der Waals surface area contributed by atoms with Crippen molar-refractivity contribution in [1.29, 1.82) is 0 Å². The van der Waals surface area contributed by atoms with Crippen molar-refractivity contribution in [2.45, 2.75) is 52.6 Å². The van der Waals surface area contributed by atoms with Crippen molar-refractivity contribution in [3.63, 3.8) is 0 Å². The van der Waals surface area contributed by atoms with Crippen molar-refractivity contribution in [3.8, 4) is 0 Å². The molecule has 0 aliphatic carbocycles. The molecule has 4 heteroatoms. The third-order valence-electron chi connectivity index (χ3n) is 1.73. The number of ether oxygens (including phenoxy) is 2. The minimum Gasteiger partial charge on any atom is -0.466 e. The van der Waals surface area contributed by atoms with Gasteiger partial charge in [0.2, 0.25) is 0 Å². The van der Waals surface area contributed by atoms with Gasteiger partial charge in [-0.2, -0.15) is 0 Å². The van der Waals surface area contributed by atoms with Crippen LogP contribution in [0.2, 0.25) is 0 Å². The third-order valence-corrected chi connectivity index (χ3v) is 1.73. The number of carbonyl (C=O) groups excluding carboxylic acids is 2. The maximum Gasteiger partial charge on any atom is 0.330 e.